The zero-order chi connectivity index (χ0) is 49.5. The Labute approximate surface area is 408 Å². The summed E-state index contributed by atoms with van der Waals surface area (Å²) in [5, 5.41) is 72.1. The van der Waals surface area contributed by atoms with Gasteiger partial charge in [0, 0.05) is 13.0 Å². The van der Waals surface area contributed by atoms with Gasteiger partial charge in [0.2, 0.25) is 0 Å². The third kappa shape index (κ3) is 28.1. The van der Waals surface area contributed by atoms with Gasteiger partial charge in [-0.2, -0.15) is 0 Å². The van der Waals surface area contributed by atoms with Crippen molar-refractivity contribution in [3.8, 4) is 0 Å². The van der Waals surface area contributed by atoms with E-state index < -0.39 is 86.7 Å². The van der Waals surface area contributed by atoms with Crippen molar-refractivity contribution in [1.29, 1.82) is 0 Å². The molecular formula is C54H90O14. The molecule has 2 rings (SSSR count). The molecule has 390 valence electrons. The van der Waals surface area contributed by atoms with Crippen molar-refractivity contribution < 1.29 is 69.0 Å². The van der Waals surface area contributed by atoms with Crippen LogP contribution in [0.25, 0.3) is 0 Å². The Bertz CT molecular complexity index is 1440. The molecule has 0 aromatic heterocycles. The molecule has 0 aromatic carbocycles. The first-order valence-corrected chi connectivity index (χ1v) is 25.7. The monoisotopic (exact) mass is 963 g/mol. The van der Waals surface area contributed by atoms with E-state index in [0.29, 0.717) is 13.0 Å². The SMILES string of the molecule is CC/C=C\C/C=C\C/C=C\C/C=C\C/C=C\C/C=C\CCCCC(=O)OC(COCCCCCCCC/C=C\CCCCC)COC1OC(COC2OC(CO)C(O)C(O)C2O)C(O)C(O)C1O. The number of hydrogen-bond acceptors (Lipinski definition) is 14. The Hall–Kier alpha value is -2.83. The van der Waals surface area contributed by atoms with Gasteiger partial charge >= 0.3 is 5.97 Å². The number of aliphatic hydroxyl groups is 7. The molecule has 2 heterocycles. The van der Waals surface area contributed by atoms with Crippen LogP contribution >= 0.6 is 0 Å². The van der Waals surface area contributed by atoms with Crippen molar-refractivity contribution in [2.24, 2.45) is 0 Å². The Balaban J connectivity index is 1.79. The number of unbranched alkanes of at least 4 members (excludes halogenated alkanes) is 11. The molecule has 0 aromatic rings. The molecule has 14 heteroatoms. The fraction of sp³-hybridized carbons (Fsp3) is 0.722. The van der Waals surface area contributed by atoms with Crippen LogP contribution in [0.5, 0.6) is 0 Å². The second kappa shape index (κ2) is 40.9. The van der Waals surface area contributed by atoms with Crippen molar-refractivity contribution in [3.05, 3.63) is 85.1 Å². The Morgan fingerprint density at radius 1 is 0.500 bits per heavy atom. The molecule has 7 N–H and O–H groups in total. The van der Waals surface area contributed by atoms with E-state index in [1.165, 1.54) is 38.5 Å². The first-order valence-electron chi connectivity index (χ1n) is 25.7. The van der Waals surface area contributed by atoms with Crippen LogP contribution in [0.15, 0.2) is 85.1 Å². The van der Waals surface area contributed by atoms with Crippen LogP contribution in [0.1, 0.15) is 149 Å². The summed E-state index contributed by atoms with van der Waals surface area (Å²) in [6.45, 7) is 3.45. The van der Waals surface area contributed by atoms with Gasteiger partial charge in [0.15, 0.2) is 12.6 Å². The van der Waals surface area contributed by atoms with Gasteiger partial charge in [0.25, 0.3) is 0 Å². The first-order chi connectivity index (χ1) is 33.1. The topological polar surface area (TPSA) is 214 Å². The van der Waals surface area contributed by atoms with Crippen molar-refractivity contribution in [2.45, 2.75) is 216 Å². The standard InChI is InChI=1S/C54H90O14/c1-3-5-7-9-11-13-15-17-18-19-20-21-22-23-24-25-27-29-31-33-35-37-46(56)66-43(40-63-38-36-34-32-30-28-26-16-14-12-10-8-6-4-2)41-64-53-52(62)50(60)48(58)45(68-53)42-65-54-51(61)49(59)47(57)44(39-55)67-54/h5,7,11-14,17-18,20-21,23-24,27,29,43-45,47-55,57-62H,3-4,6,8-10,15-16,19,22,25-26,28,30-42H2,1-2H3/b7-5-,13-11-,14-12-,18-17-,21-20-,24-23-,29-27-. The zero-order valence-electron chi connectivity index (χ0n) is 41.3. The minimum atomic E-state index is -1.72. The second-order valence-corrected chi connectivity index (χ2v) is 17.6. The number of carbonyl (C=O) groups excluding carboxylic acids is 1. The smallest absolute Gasteiger partial charge is 0.306 e. The first kappa shape index (κ1) is 61.3. The summed E-state index contributed by atoms with van der Waals surface area (Å²) in [6.07, 6.45) is 35.0. The molecule has 0 spiro atoms. The summed E-state index contributed by atoms with van der Waals surface area (Å²) >= 11 is 0. The van der Waals surface area contributed by atoms with Gasteiger partial charge in [-0.25, -0.2) is 0 Å². The predicted octanol–water partition coefficient (Wildman–Crippen LogP) is 7.68. The highest BCUT2D eigenvalue weighted by Gasteiger charge is 2.47. The molecular weight excluding hydrogens is 873 g/mol. The fourth-order valence-corrected chi connectivity index (χ4v) is 7.46. The van der Waals surface area contributed by atoms with E-state index >= 15 is 0 Å². The van der Waals surface area contributed by atoms with Crippen LogP contribution in [0.2, 0.25) is 0 Å². The van der Waals surface area contributed by atoms with E-state index in [4.69, 9.17) is 28.4 Å². The highest BCUT2D eigenvalue weighted by Crippen LogP contribution is 2.26. The summed E-state index contributed by atoms with van der Waals surface area (Å²) < 4.78 is 34.2. The molecule has 0 saturated carbocycles. The molecule has 2 aliphatic heterocycles. The lowest BCUT2D eigenvalue weighted by atomic mass is 9.98. The van der Waals surface area contributed by atoms with Gasteiger partial charge in [-0.3, -0.25) is 4.79 Å². The molecule has 2 aliphatic rings. The van der Waals surface area contributed by atoms with Gasteiger partial charge in [-0.1, -0.05) is 137 Å². The van der Waals surface area contributed by atoms with Crippen LogP contribution in [-0.2, 0) is 33.2 Å². The van der Waals surface area contributed by atoms with Gasteiger partial charge < -0.3 is 64.2 Å². The molecule has 68 heavy (non-hydrogen) atoms. The molecule has 2 saturated heterocycles. The summed E-state index contributed by atoms with van der Waals surface area (Å²) in [5.41, 5.74) is 0. The maximum absolute atomic E-state index is 13.0. The van der Waals surface area contributed by atoms with E-state index in [9.17, 15) is 40.5 Å². The van der Waals surface area contributed by atoms with Crippen molar-refractivity contribution in [1.82, 2.24) is 0 Å². The van der Waals surface area contributed by atoms with Crippen LogP contribution in [-0.4, -0.2) is 142 Å². The predicted molar refractivity (Wildman–Crippen MR) is 265 cm³/mol. The zero-order valence-corrected chi connectivity index (χ0v) is 41.3. The second-order valence-electron chi connectivity index (χ2n) is 17.6. The maximum Gasteiger partial charge on any atom is 0.306 e. The average molecular weight is 963 g/mol. The third-order valence-electron chi connectivity index (χ3n) is 11.6. The minimum absolute atomic E-state index is 0.0342. The Kier molecular flexibility index (Phi) is 36.8. The van der Waals surface area contributed by atoms with E-state index in [1.54, 1.807) is 0 Å². The van der Waals surface area contributed by atoms with Gasteiger partial charge in [0.1, 0.15) is 54.9 Å². The van der Waals surface area contributed by atoms with Crippen LogP contribution in [0.4, 0.5) is 0 Å². The highest BCUT2D eigenvalue weighted by molar-refractivity contribution is 5.69. The van der Waals surface area contributed by atoms with Crippen molar-refractivity contribution in [2.75, 3.05) is 33.0 Å². The number of esters is 1. The van der Waals surface area contributed by atoms with E-state index in [2.05, 4.69) is 98.9 Å². The Morgan fingerprint density at radius 2 is 0.956 bits per heavy atom. The summed E-state index contributed by atoms with van der Waals surface area (Å²) in [7, 11) is 0. The van der Waals surface area contributed by atoms with Crippen molar-refractivity contribution in [3.63, 3.8) is 0 Å². The Morgan fingerprint density at radius 3 is 1.51 bits per heavy atom. The van der Waals surface area contributed by atoms with E-state index in [1.807, 2.05) is 0 Å². The minimum Gasteiger partial charge on any atom is -0.457 e. The molecule has 2 fully saturated rings. The quantitative estimate of drug-likeness (QED) is 0.0179. The lowest BCUT2D eigenvalue weighted by molar-refractivity contribution is -0.332. The summed E-state index contributed by atoms with van der Waals surface area (Å²) in [5.74, 6) is -0.424. The maximum atomic E-state index is 13.0. The van der Waals surface area contributed by atoms with Crippen LogP contribution in [0.3, 0.4) is 0 Å². The summed E-state index contributed by atoms with van der Waals surface area (Å²) in [6, 6.07) is 0. The molecule has 11 atom stereocenters. The third-order valence-corrected chi connectivity index (χ3v) is 11.6. The van der Waals surface area contributed by atoms with E-state index in [-0.39, 0.29) is 19.6 Å². The number of carbonyl (C=O) groups is 1. The summed E-state index contributed by atoms with van der Waals surface area (Å²) in [4.78, 5) is 13.0. The average Bonchev–Trinajstić information content (AvgIpc) is 3.33. The number of aliphatic hydroxyl groups excluding tert-OH is 7. The normalized spacial score (nSPS) is 26.6. The molecule has 11 unspecified atom stereocenters. The molecule has 14 nitrogen and oxygen atoms in total. The molecule has 0 bridgehead atoms. The van der Waals surface area contributed by atoms with Crippen LogP contribution < -0.4 is 0 Å². The van der Waals surface area contributed by atoms with Crippen LogP contribution in [0, 0.1) is 0 Å². The van der Waals surface area contributed by atoms with E-state index in [0.717, 1.165) is 83.5 Å². The molecule has 0 amide bonds. The van der Waals surface area contributed by atoms with Gasteiger partial charge in [-0.15, -0.1) is 0 Å². The number of rotatable bonds is 39. The van der Waals surface area contributed by atoms with Crippen molar-refractivity contribution >= 4 is 5.97 Å². The number of allylic oxidation sites excluding steroid dienone is 14. The molecule has 0 radical (unpaired) electrons. The largest absolute Gasteiger partial charge is 0.457 e. The van der Waals surface area contributed by atoms with Gasteiger partial charge in [0.05, 0.1) is 26.4 Å². The number of ether oxygens (including phenoxy) is 6. The van der Waals surface area contributed by atoms with Gasteiger partial charge in [-0.05, 0) is 89.9 Å². The molecule has 0 aliphatic carbocycles. The lowest BCUT2D eigenvalue weighted by Crippen LogP contribution is -2.61. The number of hydrogen-bond donors (Lipinski definition) is 7. The lowest BCUT2D eigenvalue weighted by Gasteiger charge is -2.42. The fourth-order valence-electron chi connectivity index (χ4n) is 7.46. The highest BCUT2D eigenvalue weighted by atomic mass is 16.7.